The van der Waals surface area contributed by atoms with Crippen LogP contribution in [0.5, 0.6) is 0 Å². The molecule has 1 amide bonds. The molecule has 0 spiro atoms. The van der Waals surface area contributed by atoms with Crippen molar-refractivity contribution in [3.05, 3.63) is 29.3 Å². The van der Waals surface area contributed by atoms with E-state index in [-0.39, 0.29) is 5.91 Å². The van der Waals surface area contributed by atoms with Gasteiger partial charge in [-0.05, 0) is 25.0 Å². The van der Waals surface area contributed by atoms with Crippen molar-refractivity contribution in [2.45, 2.75) is 19.3 Å². The van der Waals surface area contributed by atoms with Crippen molar-refractivity contribution in [2.24, 2.45) is 0 Å². The lowest BCUT2D eigenvalue weighted by Crippen LogP contribution is -2.41. The number of rotatable bonds is 7. The van der Waals surface area contributed by atoms with Crippen molar-refractivity contribution < 1.29 is 9.53 Å². The zero-order chi connectivity index (χ0) is 15.9. The van der Waals surface area contributed by atoms with E-state index in [1.54, 1.807) is 11.3 Å². The Morgan fingerprint density at radius 3 is 2.96 bits per heavy atom. The Labute approximate surface area is 140 Å². The fourth-order valence-electron chi connectivity index (χ4n) is 2.69. The maximum atomic E-state index is 11.9. The number of fused-ring (bicyclic) bond motifs is 1. The highest BCUT2D eigenvalue weighted by Crippen LogP contribution is 2.22. The SMILES string of the molecule is O=C(CCCc1nc2ccccc2s1)NCCN1CCOCC1. The van der Waals surface area contributed by atoms with Crippen LogP contribution in [0.25, 0.3) is 10.2 Å². The Morgan fingerprint density at radius 1 is 1.30 bits per heavy atom. The monoisotopic (exact) mass is 333 g/mol. The molecule has 1 aromatic heterocycles. The standard InChI is InChI=1S/C17H23N3O2S/c21-16(18-8-9-20-10-12-22-13-11-20)6-3-7-17-19-14-4-1-2-5-15(14)23-17/h1-2,4-5H,3,6-13H2,(H,18,21). The molecule has 2 heterocycles. The Morgan fingerprint density at radius 2 is 2.13 bits per heavy atom. The molecule has 0 radical (unpaired) electrons. The number of hydrogen-bond donors (Lipinski definition) is 1. The summed E-state index contributed by atoms with van der Waals surface area (Å²) in [6, 6.07) is 8.17. The summed E-state index contributed by atoms with van der Waals surface area (Å²) in [6.07, 6.45) is 2.29. The lowest BCUT2D eigenvalue weighted by molar-refractivity contribution is -0.121. The van der Waals surface area contributed by atoms with E-state index in [0.29, 0.717) is 6.42 Å². The zero-order valence-corrected chi connectivity index (χ0v) is 14.1. The van der Waals surface area contributed by atoms with Crippen LogP contribution in [0.3, 0.4) is 0 Å². The molecule has 3 rings (SSSR count). The predicted molar refractivity (Wildman–Crippen MR) is 92.8 cm³/mol. The van der Waals surface area contributed by atoms with Crippen molar-refractivity contribution in [3.63, 3.8) is 0 Å². The van der Waals surface area contributed by atoms with Crippen molar-refractivity contribution in [1.29, 1.82) is 0 Å². The van der Waals surface area contributed by atoms with Crippen LogP contribution in [0.15, 0.2) is 24.3 Å². The van der Waals surface area contributed by atoms with Crippen LogP contribution in [0.4, 0.5) is 0 Å². The summed E-state index contributed by atoms with van der Waals surface area (Å²) < 4.78 is 6.53. The van der Waals surface area contributed by atoms with Gasteiger partial charge in [-0.25, -0.2) is 4.98 Å². The van der Waals surface area contributed by atoms with Crippen LogP contribution in [0, 0.1) is 0 Å². The van der Waals surface area contributed by atoms with E-state index in [9.17, 15) is 4.79 Å². The Bertz CT molecular complexity index is 605. The largest absolute Gasteiger partial charge is 0.379 e. The topological polar surface area (TPSA) is 54.5 Å². The average Bonchev–Trinajstić information content (AvgIpc) is 2.98. The van der Waals surface area contributed by atoms with Gasteiger partial charge in [0.2, 0.25) is 5.91 Å². The van der Waals surface area contributed by atoms with Gasteiger partial charge in [-0.1, -0.05) is 12.1 Å². The Balaban J connectivity index is 1.32. The number of nitrogens with zero attached hydrogens (tertiary/aromatic N) is 2. The molecule has 1 fully saturated rings. The first-order valence-electron chi connectivity index (χ1n) is 8.22. The van der Waals surface area contributed by atoms with Gasteiger partial charge < -0.3 is 10.1 Å². The number of hydrogen-bond acceptors (Lipinski definition) is 5. The molecule has 5 nitrogen and oxygen atoms in total. The summed E-state index contributed by atoms with van der Waals surface area (Å²) >= 11 is 1.72. The van der Waals surface area contributed by atoms with Crippen molar-refractivity contribution in [1.82, 2.24) is 15.2 Å². The molecule has 2 aromatic rings. The van der Waals surface area contributed by atoms with E-state index in [0.717, 1.165) is 62.8 Å². The molecule has 0 aliphatic carbocycles. The first-order chi connectivity index (χ1) is 11.3. The number of carbonyl (C=O) groups excluding carboxylic acids is 1. The first-order valence-corrected chi connectivity index (χ1v) is 9.04. The zero-order valence-electron chi connectivity index (χ0n) is 13.3. The molecule has 1 aliphatic heterocycles. The van der Waals surface area contributed by atoms with E-state index in [4.69, 9.17) is 4.74 Å². The quantitative estimate of drug-likeness (QED) is 0.843. The minimum absolute atomic E-state index is 0.138. The molecule has 0 saturated carbocycles. The number of aryl methyl sites for hydroxylation is 1. The van der Waals surface area contributed by atoms with E-state index in [1.165, 1.54) is 4.70 Å². The molecular weight excluding hydrogens is 310 g/mol. The van der Waals surface area contributed by atoms with Gasteiger partial charge in [0, 0.05) is 32.6 Å². The smallest absolute Gasteiger partial charge is 0.220 e. The van der Waals surface area contributed by atoms with Crippen LogP contribution < -0.4 is 5.32 Å². The highest BCUT2D eigenvalue weighted by Gasteiger charge is 2.10. The normalized spacial score (nSPS) is 15.8. The highest BCUT2D eigenvalue weighted by atomic mass is 32.1. The van der Waals surface area contributed by atoms with Crippen LogP contribution in [-0.2, 0) is 16.0 Å². The summed E-state index contributed by atoms with van der Waals surface area (Å²) in [7, 11) is 0. The lowest BCUT2D eigenvalue weighted by atomic mass is 10.2. The molecule has 23 heavy (non-hydrogen) atoms. The van der Waals surface area contributed by atoms with Gasteiger partial charge >= 0.3 is 0 Å². The van der Waals surface area contributed by atoms with E-state index in [2.05, 4.69) is 21.3 Å². The predicted octanol–water partition coefficient (Wildman–Crippen LogP) is 2.07. The molecule has 6 heteroatoms. The minimum atomic E-state index is 0.138. The van der Waals surface area contributed by atoms with Gasteiger partial charge in [0.15, 0.2) is 0 Å². The number of carbonyl (C=O) groups is 1. The van der Waals surface area contributed by atoms with Crippen molar-refractivity contribution in [2.75, 3.05) is 39.4 Å². The van der Waals surface area contributed by atoms with Gasteiger partial charge in [-0.2, -0.15) is 0 Å². The summed E-state index contributed by atoms with van der Waals surface area (Å²) in [4.78, 5) is 18.8. The van der Waals surface area contributed by atoms with E-state index in [1.807, 2.05) is 18.2 Å². The average molecular weight is 333 g/mol. The second-order valence-electron chi connectivity index (χ2n) is 5.73. The highest BCUT2D eigenvalue weighted by molar-refractivity contribution is 7.18. The molecule has 0 atom stereocenters. The van der Waals surface area contributed by atoms with Gasteiger partial charge in [0.1, 0.15) is 0 Å². The lowest BCUT2D eigenvalue weighted by Gasteiger charge is -2.26. The van der Waals surface area contributed by atoms with Crippen molar-refractivity contribution in [3.8, 4) is 0 Å². The number of ether oxygens (including phenoxy) is 1. The van der Waals surface area contributed by atoms with Gasteiger partial charge in [-0.15, -0.1) is 11.3 Å². The maximum Gasteiger partial charge on any atom is 0.220 e. The van der Waals surface area contributed by atoms with E-state index >= 15 is 0 Å². The molecule has 1 aromatic carbocycles. The van der Waals surface area contributed by atoms with Crippen LogP contribution in [-0.4, -0.2) is 55.2 Å². The number of nitrogens with one attached hydrogen (secondary N) is 1. The first kappa shape index (κ1) is 16.4. The van der Waals surface area contributed by atoms with Crippen LogP contribution >= 0.6 is 11.3 Å². The molecule has 1 aliphatic rings. The number of benzene rings is 1. The minimum Gasteiger partial charge on any atom is -0.379 e. The molecule has 1 N–H and O–H groups in total. The third-order valence-corrected chi connectivity index (χ3v) is 5.08. The van der Waals surface area contributed by atoms with E-state index < -0.39 is 0 Å². The second kappa shape index (κ2) is 8.38. The second-order valence-corrected chi connectivity index (χ2v) is 6.85. The third-order valence-electron chi connectivity index (χ3n) is 3.99. The Hall–Kier alpha value is -1.50. The number of para-hydroxylation sites is 1. The van der Waals surface area contributed by atoms with Gasteiger partial charge in [-0.3, -0.25) is 9.69 Å². The number of morpholine rings is 1. The number of thiazole rings is 1. The fraction of sp³-hybridized carbons (Fsp3) is 0.529. The third kappa shape index (κ3) is 4.99. The van der Waals surface area contributed by atoms with Gasteiger partial charge in [0.05, 0.1) is 28.4 Å². The number of amides is 1. The molecule has 124 valence electrons. The molecule has 1 saturated heterocycles. The maximum absolute atomic E-state index is 11.9. The summed E-state index contributed by atoms with van der Waals surface area (Å²) in [5.74, 6) is 0.138. The molecule has 0 unspecified atom stereocenters. The fourth-order valence-corrected chi connectivity index (χ4v) is 3.70. The van der Waals surface area contributed by atoms with Gasteiger partial charge in [0.25, 0.3) is 0 Å². The summed E-state index contributed by atoms with van der Waals surface area (Å²) in [6.45, 7) is 5.17. The van der Waals surface area contributed by atoms with Crippen molar-refractivity contribution >= 4 is 27.5 Å². The molecule has 0 bridgehead atoms. The summed E-state index contributed by atoms with van der Waals surface area (Å²) in [5, 5.41) is 4.12. The van der Waals surface area contributed by atoms with Crippen LogP contribution in [0.2, 0.25) is 0 Å². The van der Waals surface area contributed by atoms with Crippen LogP contribution in [0.1, 0.15) is 17.8 Å². The summed E-state index contributed by atoms with van der Waals surface area (Å²) in [5.41, 5.74) is 1.06. The molecular formula is C17H23N3O2S. The Kier molecular flexibility index (Phi) is 5.96. The number of aromatic nitrogens is 1.